The van der Waals surface area contributed by atoms with Crippen molar-refractivity contribution in [3.63, 3.8) is 0 Å². The van der Waals surface area contributed by atoms with E-state index in [1.807, 2.05) is 13.8 Å². The number of carbonyl (C=O) groups is 1. The second-order valence-corrected chi connectivity index (χ2v) is 5.23. The first-order chi connectivity index (χ1) is 10.6. The molecule has 0 fully saturated rings. The van der Waals surface area contributed by atoms with E-state index in [2.05, 4.69) is 22.5 Å². The Hall–Kier alpha value is -1.30. The summed E-state index contributed by atoms with van der Waals surface area (Å²) < 4.78 is 10.0. The van der Waals surface area contributed by atoms with Gasteiger partial charge in [-0.25, -0.2) is 0 Å². The van der Waals surface area contributed by atoms with Crippen molar-refractivity contribution in [1.29, 1.82) is 0 Å². The van der Waals surface area contributed by atoms with E-state index < -0.39 is 0 Å². The van der Waals surface area contributed by atoms with E-state index in [-0.39, 0.29) is 12.0 Å². The van der Waals surface area contributed by atoms with Crippen molar-refractivity contribution in [1.82, 2.24) is 10.6 Å². The molecule has 0 saturated carbocycles. The fraction of sp³-hybridized carbons (Fsp3) is 0.875. The van der Waals surface area contributed by atoms with Gasteiger partial charge in [0.05, 0.1) is 13.2 Å². The van der Waals surface area contributed by atoms with Gasteiger partial charge in [-0.2, -0.15) is 0 Å². The van der Waals surface area contributed by atoms with Crippen molar-refractivity contribution in [3.05, 3.63) is 0 Å². The minimum atomic E-state index is -0.0914. The number of hydrogen-bond donors (Lipinski definition) is 2. The molecule has 0 saturated heterocycles. The van der Waals surface area contributed by atoms with E-state index >= 15 is 0 Å². The summed E-state index contributed by atoms with van der Waals surface area (Å²) in [5.74, 6) is 0.741. The lowest BCUT2D eigenvalue weighted by Crippen LogP contribution is -2.44. The van der Waals surface area contributed by atoms with Gasteiger partial charge in [0.25, 0.3) is 0 Å². The third kappa shape index (κ3) is 12.4. The number of guanidine groups is 1. The number of unbranched alkanes of at least 4 members (excludes halogenated alkanes) is 3. The van der Waals surface area contributed by atoms with Gasteiger partial charge in [-0.05, 0) is 33.6 Å². The summed E-state index contributed by atoms with van der Waals surface area (Å²) in [5, 5.41) is 6.53. The molecule has 6 heteroatoms. The first-order valence-electron chi connectivity index (χ1n) is 8.33. The van der Waals surface area contributed by atoms with Gasteiger partial charge in [0, 0.05) is 32.7 Å². The molecule has 0 rings (SSSR count). The van der Waals surface area contributed by atoms with Gasteiger partial charge in [-0.15, -0.1) is 0 Å². The molecule has 0 amide bonds. The molecule has 0 aromatic carbocycles. The third-order valence-corrected chi connectivity index (χ3v) is 3.01. The standard InChI is InChI=1S/C16H33N3O3/c1-5-17-16(19-14(3)13-21-4)18-12-10-8-7-9-11-15(20)22-6-2/h14H,5-13H2,1-4H3,(H2,17,18,19). The Morgan fingerprint density at radius 1 is 1.18 bits per heavy atom. The topological polar surface area (TPSA) is 72.0 Å². The predicted molar refractivity (Wildman–Crippen MR) is 90.2 cm³/mol. The maximum absolute atomic E-state index is 11.2. The van der Waals surface area contributed by atoms with Crippen LogP contribution in [0.4, 0.5) is 0 Å². The smallest absolute Gasteiger partial charge is 0.305 e. The minimum Gasteiger partial charge on any atom is -0.466 e. The van der Waals surface area contributed by atoms with Crippen molar-refractivity contribution in [2.45, 2.75) is 58.9 Å². The quantitative estimate of drug-likeness (QED) is 0.250. The number of rotatable bonds is 12. The van der Waals surface area contributed by atoms with Crippen LogP contribution < -0.4 is 10.6 Å². The van der Waals surface area contributed by atoms with Gasteiger partial charge in [0.1, 0.15) is 0 Å². The molecule has 22 heavy (non-hydrogen) atoms. The molecule has 0 bridgehead atoms. The molecule has 0 heterocycles. The summed E-state index contributed by atoms with van der Waals surface area (Å²) in [4.78, 5) is 15.7. The average Bonchev–Trinajstić information content (AvgIpc) is 2.46. The Morgan fingerprint density at radius 2 is 1.91 bits per heavy atom. The van der Waals surface area contributed by atoms with Crippen molar-refractivity contribution < 1.29 is 14.3 Å². The van der Waals surface area contributed by atoms with Gasteiger partial charge >= 0.3 is 5.97 Å². The number of nitrogens with one attached hydrogen (secondary N) is 2. The van der Waals surface area contributed by atoms with E-state index in [0.717, 1.165) is 44.7 Å². The highest BCUT2D eigenvalue weighted by molar-refractivity contribution is 5.80. The molecule has 0 aromatic heterocycles. The van der Waals surface area contributed by atoms with Gasteiger partial charge in [0.15, 0.2) is 5.96 Å². The van der Waals surface area contributed by atoms with Crippen LogP contribution in [0.5, 0.6) is 0 Å². The summed E-state index contributed by atoms with van der Waals surface area (Å²) in [6, 6.07) is 0.229. The minimum absolute atomic E-state index is 0.0914. The van der Waals surface area contributed by atoms with Gasteiger partial charge in [0.2, 0.25) is 0 Å². The zero-order valence-electron chi connectivity index (χ0n) is 14.6. The van der Waals surface area contributed by atoms with E-state index in [9.17, 15) is 4.79 Å². The normalized spacial score (nSPS) is 12.8. The van der Waals surface area contributed by atoms with Crippen LogP contribution in [0.25, 0.3) is 0 Å². The van der Waals surface area contributed by atoms with Gasteiger partial charge in [-0.3, -0.25) is 9.79 Å². The van der Waals surface area contributed by atoms with Crippen LogP contribution in [0.1, 0.15) is 52.9 Å². The van der Waals surface area contributed by atoms with Crippen molar-refractivity contribution in [3.8, 4) is 0 Å². The molecule has 0 radical (unpaired) electrons. The van der Waals surface area contributed by atoms with Crippen LogP contribution in [0.3, 0.4) is 0 Å². The van der Waals surface area contributed by atoms with E-state index in [1.165, 1.54) is 0 Å². The first kappa shape index (κ1) is 20.7. The fourth-order valence-corrected chi connectivity index (χ4v) is 2.00. The molecule has 2 N–H and O–H groups in total. The Balaban J connectivity index is 3.78. The summed E-state index contributed by atoms with van der Waals surface area (Å²) in [7, 11) is 1.69. The van der Waals surface area contributed by atoms with E-state index in [0.29, 0.717) is 19.6 Å². The molecule has 0 spiro atoms. The largest absolute Gasteiger partial charge is 0.466 e. The number of esters is 1. The maximum Gasteiger partial charge on any atom is 0.305 e. The molecule has 0 aliphatic carbocycles. The SMILES string of the molecule is CCNC(=NCCCCCCC(=O)OCC)NC(C)COC. The van der Waals surface area contributed by atoms with Crippen LogP contribution >= 0.6 is 0 Å². The number of aliphatic imine (C=N–C) groups is 1. The Morgan fingerprint density at radius 3 is 2.55 bits per heavy atom. The van der Waals surface area contributed by atoms with Crippen LogP contribution in [-0.2, 0) is 14.3 Å². The number of carbonyl (C=O) groups excluding carboxylic acids is 1. The molecule has 0 aliphatic heterocycles. The van der Waals surface area contributed by atoms with Gasteiger partial charge in [-0.1, -0.05) is 12.8 Å². The van der Waals surface area contributed by atoms with Crippen molar-refractivity contribution in [2.75, 3.05) is 33.4 Å². The number of methoxy groups -OCH3 is 1. The molecular formula is C16H33N3O3. The lowest BCUT2D eigenvalue weighted by Gasteiger charge is -2.16. The second-order valence-electron chi connectivity index (χ2n) is 5.23. The Kier molecular flexibility index (Phi) is 13.8. The number of nitrogens with zero attached hydrogens (tertiary/aromatic N) is 1. The van der Waals surface area contributed by atoms with E-state index in [4.69, 9.17) is 9.47 Å². The average molecular weight is 315 g/mol. The number of ether oxygens (including phenoxy) is 2. The highest BCUT2D eigenvalue weighted by atomic mass is 16.5. The van der Waals surface area contributed by atoms with Crippen molar-refractivity contribution >= 4 is 11.9 Å². The fourth-order valence-electron chi connectivity index (χ4n) is 2.00. The first-order valence-corrected chi connectivity index (χ1v) is 8.33. The van der Waals surface area contributed by atoms with E-state index in [1.54, 1.807) is 7.11 Å². The third-order valence-electron chi connectivity index (χ3n) is 3.01. The second kappa shape index (κ2) is 14.6. The summed E-state index contributed by atoms with van der Waals surface area (Å²) >= 11 is 0. The zero-order valence-corrected chi connectivity index (χ0v) is 14.6. The molecular weight excluding hydrogens is 282 g/mol. The van der Waals surface area contributed by atoms with Crippen LogP contribution in [0, 0.1) is 0 Å². The monoisotopic (exact) mass is 315 g/mol. The summed E-state index contributed by atoms with van der Waals surface area (Å²) in [6.45, 7) is 8.69. The highest BCUT2D eigenvalue weighted by Crippen LogP contribution is 2.04. The van der Waals surface area contributed by atoms with Crippen LogP contribution in [0.15, 0.2) is 4.99 Å². The Bertz CT molecular complexity index is 309. The predicted octanol–water partition coefficient (Wildman–Crippen LogP) is 2.09. The number of hydrogen-bond acceptors (Lipinski definition) is 4. The zero-order chi connectivity index (χ0) is 16.6. The summed E-state index contributed by atoms with van der Waals surface area (Å²) in [6.07, 6.45) is 4.56. The Labute approximate surface area is 135 Å². The maximum atomic E-state index is 11.2. The molecule has 6 nitrogen and oxygen atoms in total. The lowest BCUT2D eigenvalue weighted by molar-refractivity contribution is -0.143. The molecule has 130 valence electrons. The molecule has 0 aromatic rings. The lowest BCUT2D eigenvalue weighted by atomic mass is 10.1. The van der Waals surface area contributed by atoms with Crippen molar-refractivity contribution in [2.24, 2.45) is 4.99 Å². The molecule has 0 aliphatic rings. The molecule has 1 unspecified atom stereocenters. The molecule has 1 atom stereocenters. The highest BCUT2D eigenvalue weighted by Gasteiger charge is 2.04. The van der Waals surface area contributed by atoms with Crippen LogP contribution in [-0.4, -0.2) is 51.4 Å². The van der Waals surface area contributed by atoms with Crippen LogP contribution in [0.2, 0.25) is 0 Å². The summed E-state index contributed by atoms with van der Waals surface area (Å²) in [5.41, 5.74) is 0. The van der Waals surface area contributed by atoms with Gasteiger partial charge < -0.3 is 20.1 Å².